The minimum Gasteiger partial charge on any atom is -0.478 e. The standard InChI is InChI=1S/C23H31N5O4/c1-4-31-20-11-16-10-18(32-19(16)12-25-20)21-14(2)26-23(24-7-8-30-3)28-22(21)27-17-6-5-15(9-17)13-29/h10-12,15,17,29H,4-9,13H2,1-3H3,(H2,24,26,27,28)/t15-,17+/m1/s1. The summed E-state index contributed by atoms with van der Waals surface area (Å²) >= 11 is 0. The number of ether oxygens (including phenoxy) is 2. The Balaban J connectivity index is 1.69. The Bertz CT molecular complexity index is 1050. The molecule has 172 valence electrons. The second-order valence-corrected chi connectivity index (χ2v) is 8.08. The predicted octanol–water partition coefficient (Wildman–Crippen LogP) is 3.62. The van der Waals surface area contributed by atoms with Gasteiger partial charge in [-0.3, -0.25) is 0 Å². The number of anilines is 2. The van der Waals surface area contributed by atoms with Crippen molar-refractivity contribution in [2.45, 2.75) is 39.2 Å². The third-order valence-electron chi connectivity index (χ3n) is 5.74. The van der Waals surface area contributed by atoms with E-state index in [2.05, 4.69) is 20.6 Å². The molecule has 1 fully saturated rings. The van der Waals surface area contributed by atoms with E-state index in [4.69, 9.17) is 18.9 Å². The molecule has 0 radical (unpaired) electrons. The van der Waals surface area contributed by atoms with Crippen LogP contribution in [0, 0.1) is 12.8 Å². The van der Waals surface area contributed by atoms with Crippen LogP contribution in [-0.2, 0) is 4.74 Å². The third kappa shape index (κ3) is 4.94. The molecule has 0 aliphatic heterocycles. The van der Waals surface area contributed by atoms with Gasteiger partial charge in [-0.25, -0.2) is 9.97 Å². The first-order valence-electron chi connectivity index (χ1n) is 11.1. The molecule has 9 heteroatoms. The number of rotatable bonds is 10. The van der Waals surface area contributed by atoms with E-state index in [1.165, 1.54) is 0 Å². The van der Waals surface area contributed by atoms with Crippen LogP contribution in [0.25, 0.3) is 22.3 Å². The molecule has 3 aromatic heterocycles. The van der Waals surface area contributed by atoms with E-state index in [9.17, 15) is 5.11 Å². The first-order chi connectivity index (χ1) is 15.6. The first-order valence-corrected chi connectivity index (χ1v) is 11.1. The second-order valence-electron chi connectivity index (χ2n) is 8.08. The summed E-state index contributed by atoms with van der Waals surface area (Å²) in [6.45, 7) is 5.83. The van der Waals surface area contributed by atoms with E-state index in [1.807, 2.05) is 26.0 Å². The average Bonchev–Trinajstić information content (AvgIpc) is 3.40. The largest absolute Gasteiger partial charge is 0.478 e. The highest BCUT2D eigenvalue weighted by Gasteiger charge is 2.26. The zero-order valence-electron chi connectivity index (χ0n) is 18.9. The summed E-state index contributed by atoms with van der Waals surface area (Å²) in [4.78, 5) is 13.7. The molecule has 1 aliphatic rings. The predicted molar refractivity (Wildman–Crippen MR) is 123 cm³/mol. The number of furan rings is 1. The van der Waals surface area contributed by atoms with Gasteiger partial charge in [0.05, 0.1) is 30.7 Å². The van der Waals surface area contributed by atoms with Gasteiger partial charge in [-0.1, -0.05) is 0 Å². The molecule has 1 aliphatic carbocycles. The van der Waals surface area contributed by atoms with Gasteiger partial charge in [0.1, 0.15) is 11.6 Å². The smallest absolute Gasteiger partial charge is 0.224 e. The van der Waals surface area contributed by atoms with Gasteiger partial charge in [-0.05, 0) is 45.1 Å². The van der Waals surface area contributed by atoms with E-state index in [1.54, 1.807) is 13.3 Å². The van der Waals surface area contributed by atoms with Gasteiger partial charge in [0.2, 0.25) is 11.8 Å². The van der Waals surface area contributed by atoms with Crippen LogP contribution in [0.2, 0.25) is 0 Å². The quantitative estimate of drug-likeness (QED) is 0.406. The van der Waals surface area contributed by atoms with Gasteiger partial charge in [-0.2, -0.15) is 4.98 Å². The second kappa shape index (κ2) is 10.1. The molecule has 4 rings (SSSR count). The van der Waals surface area contributed by atoms with E-state index in [0.717, 1.165) is 41.7 Å². The Hall–Kier alpha value is -2.91. The Morgan fingerprint density at radius 3 is 2.88 bits per heavy atom. The van der Waals surface area contributed by atoms with Crippen LogP contribution >= 0.6 is 0 Å². The molecule has 32 heavy (non-hydrogen) atoms. The van der Waals surface area contributed by atoms with Crippen molar-refractivity contribution in [3.63, 3.8) is 0 Å². The number of pyridine rings is 1. The lowest BCUT2D eigenvalue weighted by Gasteiger charge is -2.18. The van der Waals surface area contributed by atoms with Crippen LogP contribution in [0.1, 0.15) is 31.9 Å². The van der Waals surface area contributed by atoms with Gasteiger partial charge in [0.15, 0.2) is 5.58 Å². The minimum absolute atomic E-state index is 0.219. The van der Waals surface area contributed by atoms with Gasteiger partial charge in [0, 0.05) is 37.8 Å². The molecule has 3 heterocycles. The molecule has 9 nitrogen and oxygen atoms in total. The zero-order chi connectivity index (χ0) is 22.5. The molecule has 0 unspecified atom stereocenters. The Labute approximate surface area is 187 Å². The Morgan fingerprint density at radius 1 is 1.25 bits per heavy atom. The summed E-state index contributed by atoms with van der Waals surface area (Å²) in [6, 6.07) is 4.08. The van der Waals surface area contributed by atoms with Gasteiger partial charge < -0.3 is 29.6 Å². The SMILES string of the molecule is CCOc1cc2cc(-c3c(C)nc(NCCOC)nc3N[C@H]3CC[C@@H](CO)C3)oc2cn1. The number of methoxy groups -OCH3 is 1. The van der Waals surface area contributed by atoms with Crippen molar-refractivity contribution in [2.75, 3.05) is 44.1 Å². The highest BCUT2D eigenvalue weighted by molar-refractivity contribution is 5.86. The summed E-state index contributed by atoms with van der Waals surface area (Å²) in [7, 11) is 1.66. The Morgan fingerprint density at radius 2 is 2.12 bits per heavy atom. The highest BCUT2D eigenvalue weighted by atomic mass is 16.5. The van der Waals surface area contributed by atoms with E-state index in [0.29, 0.717) is 48.8 Å². The summed E-state index contributed by atoms with van der Waals surface area (Å²) in [5.41, 5.74) is 2.30. The summed E-state index contributed by atoms with van der Waals surface area (Å²) < 4.78 is 16.8. The van der Waals surface area contributed by atoms with E-state index in [-0.39, 0.29) is 12.6 Å². The fourth-order valence-electron chi connectivity index (χ4n) is 4.16. The number of nitrogens with one attached hydrogen (secondary N) is 2. The topological polar surface area (TPSA) is 115 Å². The molecule has 1 saturated carbocycles. The molecule has 3 aromatic rings. The van der Waals surface area contributed by atoms with Crippen molar-refractivity contribution in [1.29, 1.82) is 0 Å². The van der Waals surface area contributed by atoms with Crippen LogP contribution in [0.5, 0.6) is 5.88 Å². The molecular formula is C23H31N5O4. The number of aliphatic hydroxyl groups excluding tert-OH is 1. The number of nitrogens with zero attached hydrogens (tertiary/aromatic N) is 3. The number of hydrogen-bond acceptors (Lipinski definition) is 9. The van der Waals surface area contributed by atoms with Crippen LogP contribution in [0.15, 0.2) is 22.7 Å². The van der Waals surface area contributed by atoms with Crippen LogP contribution in [0.3, 0.4) is 0 Å². The van der Waals surface area contributed by atoms with E-state index < -0.39 is 0 Å². The monoisotopic (exact) mass is 441 g/mol. The maximum absolute atomic E-state index is 9.53. The molecule has 0 saturated heterocycles. The highest BCUT2D eigenvalue weighted by Crippen LogP contribution is 2.37. The molecule has 0 spiro atoms. The zero-order valence-corrected chi connectivity index (χ0v) is 18.9. The van der Waals surface area contributed by atoms with Crippen LogP contribution in [-0.4, -0.2) is 59.6 Å². The van der Waals surface area contributed by atoms with Gasteiger partial charge in [0.25, 0.3) is 0 Å². The number of fused-ring (bicyclic) bond motifs is 1. The number of aromatic nitrogens is 3. The maximum Gasteiger partial charge on any atom is 0.224 e. The molecule has 2 atom stereocenters. The van der Waals surface area contributed by atoms with Crippen molar-refractivity contribution in [3.8, 4) is 17.2 Å². The van der Waals surface area contributed by atoms with E-state index >= 15 is 0 Å². The number of aryl methyl sites for hydroxylation is 1. The summed E-state index contributed by atoms with van der Waals surface area (Å²) in [6.07, 6.45) is 4.58. The summed E-state index contributed by atoms with van der Waals surface area (Å²) in [5, 5.41) is 17.2. The minimum atomic E-state index is 0.219. The van der Waals surface area contributed by atoms with Crippen molar-refractivity contribution < 1.29 is 19.0 Å². The van der Waals surface area contributed by atoms with Crippen LogP contribution < -0.4 is 15.4 Å². The fraction of sp³-hybridized carbons (Fsp3) is 0.522. The Kier molecular flexibility index (Phi) is 7.06. The number of aliphatic hydroxyl groups is 1. The molecule has 3 N–H and O–H groups in total. The average molecular weight is 442 g/mol. The molecule has 0 bridgehead atoms. The molecule has 0 amide bonds. The van der Waals surface area contributed by atoms with Crippen LogP contribution in [0.4, 0.5) is 11.8 Å². The summed E-state index contributed by atoms with van der Waals surface area (Å²) in [5.74, 6) is 2.83. The molecule has 0 aromatic carbocycles. The third-order valence-corrected chi connectivity index (χ3v) is 5.74. The first kappa shape index (κ1) is 22.3. The van der Waals surface area contributed by atoms with Gasteiger partial charge in [-0.15, -0.1) is 0 Å². The van der Waals surface area contributed by atoms with Crippen molar-refractivity contribution in [2.24, 2.45) is 5.92 Å². The lowest BCUT2D eigenvalue weighted by atomic mass is 10.1. The normalized spacial score (nSPS) is 18.2. The van der Waals surface area contributed by atoms with Crippen molar-refractivity contribution >= 4 is 22.7 Å². The fourth-order valence-corrected chi connectivity index (χ4v) is 4.16. The lowest BCUT2D eigenvalue weighted by Crippen LogP contribution is -2.19. The van der Waals surface area contributed by atoms with Crippen molar-refractivity contribution in [3.05, 3.63) is 24.0 Å². The number of hydrogen-bond donors (Lipinski definition) is 3. The molecular weight excluding hydrogens is 410 g/mol. The van der Waals surface area contributed by atoms with Gasteiger partial charge >= 0.3 is 0 Å². The lowest BCUT2D eigenvalue weighted by molar-refractivity contribution is 0.210. The van der Waals surface area contributed by atoms with Crippen molar-refractivity contribution in [1.82, 2.24) is 15.0 Å². The maximum atomic E-state index is 9.53.